The van der Waals surface area contributed by atoms with Crippen LogP contribution in [0.4, 0.5) is 0 Å². The van der Waals surface area contributed by atoms with E-state index in [1.165, 1.54) is 0 Å². The minimum atomic E-state index is -3.83. The van der Waals surface area contributed by atoms with E-state index in [9.17, 15) is 0 Å². The zero-order valence-corrected chi connectivity index (χ0v) is 7.06. The van der Waals surface area contributed by atoms with Gasteiger partial charge in [-0.3, -0.25) is 0 Å². The summed E-state index contributed by atoms with van der Waals surface area (Å²) in [5.41, 5.74) is 0. The molecule has 11 heavy (non-hydrogen) atoms. The van der Waals surface area contributed by atoms with E-state index in [1.54, 1.807) is 0 Å². The van der Waals surface area contributed by atoms with Gasteiger partial charge in [-0.1, -0.05) is 0 Å². The molecule has 0 radical (unpaired) electrons. The number of hydrogen-bond donors (Lipinski definition) is 3. The smallest absolute Gasteiger partial charge is 0.390 e. The third-order valence-electron chi connectivity index (χ3n) is 1.26. The maximum atomic E-state index is 8.56. The number of epoxide rings is 1. The first-order chi connectivity index (χ1) is 5.08. The van der Waals surface area contributed by atoms with Crippen molar-refractivity contribution in [2.45, 2.75) is 18.8 Å². The standard InChI is InChI=1S/C5H12O5Si/c6-11(7,8)3-1-2-9-5-4-10-5/h5-8H,1-4H2. The summed E-state index contributed by atoms with van der Waals surface area (Å²) in [5.74, 6) is 0. The van der Waals surface area contributed by atoms with E-state index in [-0.39, 0.29) is 12.3 Å². The molecule has 0 aromatic carbocycles. The summed E-state index contributed by atoms with van der Waals surface area (Å²) >= 11 is 0. The molecule has 0 amide bonds. The molecule has 0 saturated carbocycles. The molecule has 1 saturated heterocycles. The number of ether oxygens (including phenoxy) is 2. The average molecular weight is 180 g/mol. The van der Waals surface area contributed by atoms with E-state index in [0.717, 1.165) is 0 Å². The third kappa shape index (κ3) is 5.30. The summed E-state index contributed by atoms with van der Waals surface area (Å²) in [6.07, 6.45) is 0.359. The normalized spacial score (nSPS) is 23.7. The van der Waals surface area contributed by atoms with Gasteiger partial charge in [-0.2, -0.15) is 0 Å². The monoisotopic (exact) mass is 180 g/mol. The molecule has 6 heteroatoms. The van der Waals surface area contributed by atoms with Crippen molar-refractivity contribution in [1.82, 2.24) is 0 Å². The Hall–Kier alpha value is 0.0169. The second-order valence-electron chi connectivity index (χ2n) is 2.51. The van der Waals surface area contributed by atoms with Crippen LogP contribution in [0.2, 0.25) is 6.04 Å². The molecule has 0 aliphatic carbocycles. The van der Waals surface area contributed by atoms with E-state index < -0.39 is 8.80 Å². The van der Waals surface area contributed by atoms with E-state index in [4.69, 9.17) is 23.9 Å². The predicted molar refractivity (Wildman–Crippen MR) is 37.5 cm³/mol. The van der Waals surface area contributed by atoms with Crippen LogP contribution >= 0.6 is 0 Å². The van der Waals surface area contributed by atoms with Gasteiger partial charge >= 0.3 is 8.80 Å². The third-order valence-corrected chi connectivity index (χ3v) is 2.29. The highest BCUT2D eigenvalue weighted by Gasteiger charge is 2.27. The Morgan fingerprint density at radius 1 is 1.45 bits per heavy atom. The lowest BCUT2D eigenvalue weighted by atomic mass is 10.5. The first kappa shape index (κ1) is 9.11. The van der Waals surface area contributed by atoms with Gasteiger partial charge in [-0.15, -0.1) is 0 Å². The zero-order chi connectivity index (χ0) is 8.32. The summed E-state index contributed by atoms with van der Waals surface area (Å²) in [6.45, 7) is 1.03. The minimum Gasteiger partial charge on any atom is -0.390 e. The summed E-state index contributed by atoms with van der Waals surface area (Å²) in [6, 6.07) is 0.0275. The molecule has 5 nitrogen and oxygen atoms in total. The summed E-state index contributed by atoms with van der Waals surface area (Å²) < 4.78 is 9.76. The number of hydrogen-bond acceptors (Lipinski definition) is 5. The van der Waals surface area contributed by atoms with E-state index in [2.05, 4.69) is 0 Å². The Balaban J connectivity index is 1.87. The second kappa shape index (κ2) is 3.61. The van der Waals surface area contributed by atoms with Gasteiger partial charge in [0.2, 0.25) is 0 Å². The van der Waals surface area contributed by atoms with Gasteiger partial charge in [-0.05, 0) is 6.42 Å². The predicted octanol–water partition coefficient (Wildman–Crippen LogP) is -1.33. The molecule has 1 rings (SSSR count). The van der Waals surface area contributed by atoms with E-state index in [1.807, 2.05) is 0 Å². The molecule has 3 N–H and O–H groups in total. The highest BCUT2D eigenvalue weighted by Crippen LogP contribution is 2.11. The van der Waals surface area contributed by atoms with Gasteiger partial charge in [0.05, 0.1) is 0 Å². The highest BCUT2D eigenvalue weighted by atomic mass is 28.4. The summed E-state index contributed by atoms with van der Waals surface area (Å²) in [4.78, 5) is 25.7. The van der Waals surface area contributed by atoms with Crippen LogP contribution in [0, 0.1) is 0 Å². The Morgan fingerprint density at radius 2 is 2.09 bits per heavy atom. The molecular weight excluding hydrogens is 168 g/mol. The fourth-order valence-electron chi connectivity index (χ4n) is 0.660. The number of rotatable bonds is 5. The van der Waals surface area contributed by atoms with Crippen LogP contribution in [0.5, 0.6) is 0 Å². The largest absolute Gasteiger partial charge is 0.492 e. The SMILES string of the molecule is O[Si](O)(O)CCCOC1CO1. The van der Waals surface area contributed by atoms with Crippen LogP contribution in [0.3, 0.4) is 0 Å². The van der Waals surface area contributed by atoms with Crippen LogP contribution in [0.15, 0.2) is 0 Å². The van der Waals surface area contributed by atoms with Crippen molar-refractivity contribution in [3.63, 3.8) is 0 Å². The van der Waals surface area contributed by atoms with Gasteiger partial charge in [0.25, 0.3) is 0 Å². The Morgan fingerprint density at radius 3 is 2.55 bits per heavy atom. The first-order valence-electron chi connectivity index (χ1n) is 3.48. The fraction of sp³-hybridized carbons (Fsp3) is 1.00. The molecule has 0 bridgehead atoms. The van der Waals surface area contributed by atoms with Crippen molar-refractivity contribution >= 4 is 8.80 Å². The van der Waals surface area contributed by atoms with Crippen molar-refractivity contribution in [2.75, 3.05) is 13.2 Å². The van der Waals surface area contributed by atoms with Gasteiger partial charge in [0.1, 0.15) is 6.61 Å². The Bertz CT molecular complexity index is 119. The van der Waals surface area contributed by atoms with Crippen molar-refractivity contribution < 1.29 is 23.9 Å². The maximum absolute atomic E-state index is 8.56. The van der Waals surface area contributed by atoms with Gasteiger partial charge in [0, 0.05) is 12.7 Å². The molecular formula is C5H12O5Si. The topological polar surface area (TPSA) is 82.5 Å². The molecule has 0 spiro atoms. The maximum Gasteiger partial charge on any atom is 0.492 e. The Labute approximate surface area is 65.6 Å². The van der Waals surface area contributed by atoms with Gasteiger partial charge < -0.3 is 23.9 Å². The molecule has 0 aromatic rings. The lowest BCUT2D eigenvalue weighted by molar-refractivity contribution is 0.0488. The van der Waals surface area contributed by atoms with Crippen LogP contribution in [-0.4, -0.2) is 42.7 Å². The summed E-state index contributed by atoms with van der Waals surface area (Å²) in [5, 5.41) is 0. The molecule has 0 aromatic heterocycles. The Kier molecular flexibility index (Phi) is 2.99. The fourth-order valence-corrected chi connectivity index (χ4v) is 1.28. The first-order valence-corrected chi connectivity index (χ1v) is 5.53. The second-order valence-corrected chi connectivity index (χ2v) is 4.56. The van der Waals surface area contributed by atoms with Crippen LogP contribution in [0.25, 0.3) is 0 Å². The lowest BCUT2D eigenvalue weighted by Crippen LogP contribution is -2.34. The van der Waals surface area contributed by atoms with Gasteiger partial charge in [0.15, 0.2) is 6.29 Å². The van der Waals surface area contributed by atoms with Crippen molar-refractivity contribution in [1.29, 1.82) is 0 Å². The quantitative estimate of drug-likeness (QED) is 0.277. The van der Waals surface area contributed by atoms with Gasteiger partial charge in [-0.25, -0.2) is 0 Å². The van der Waals surface area contributed by atoms with Crippen molar-refractivity contribution in [3.05, 3.63) is 0 Å². The minimum absolute atomic E-state index is 0.0275. The lowest BCUT2D eigenvalue weighted by Gasteiger charge is -2.07. The van der Waals surface area contributed by atoms with Crippen molar-refractivity contribution in [2.24, 2.45) is 0 Å². The molecule has 1 aliphatic heterocycles. The van der Waals surface area contributed by atoms with Crippen molar-refractivity contribution in [3.8, 4) is 0 Å². The zero-order valence-electron chi connectivity index (χ0n) is 6.06. The molecule has 1 atom stereocenters. The molecule has 1 heterocycles. The van der Waals surface area contributed by atoms with E-state index in [0.29, 0.717) is 19.6 Å². The molecule has 1 aliphatic rings. The molecule has 1 fully saturated rings. The molecule has 1 unspecified atom stereocenters. The van der Waals surface area contributed by atoms with Crippen LogP contribution in [-0.2, 0) is 9.47 Å². The molecule has 66 valence electrons. The van der Waals surface area contributed by atoms with Crippen LogP contribution < -0.4 is 0 Å². The van der Waals surface area contributed by atoms with E-state index >= 15 is 0 Å². The van der Waals surface area contributed by atoms with Crippen LogP contribution in [0.1, 0.15) is 6.42 Å². The summed E-state index contributed by atoms with van der Waals surface area (Å²) in [7, 11) is -3.83. The average Bonchev–Trinajstić information content (AvgIpc) is 2.60. The highest BCUT2D eigenvalue weighted by molar-refractivity contribution is 6.56.